The van der Waals surface area contributed by atoms with E-state index in [1.807, 2.05) is 13.8 Å². The summed E-state index contributed by atoms with van der Waals surface area (Å²) in [5.74, 6) is 0.228. The minimum absolute atomic E-state index is 0.220. The molecule has 0 aromatic heterocycles. The first-order chi connectivity index (χ1) is 15.7. The van der Waals surface area contributed by atoms with Gasteiger partial charge < -0.3 is 24.3 Å². The number of benzene rings is 2. The second kappa shape index (κ2) is 12.3. The predicted molar refractivity (Wildman–Crippen MR) is 126 cm³/mol. The van der Waals surface area contributed by atoms with Gasteiger partial charge in [-0.15, -0.1) is 0 Å². The van der Waals surface area contributed by atoms with Crippen molar-refractivity contribution in [2.45, 2.75) is 26.8 Å². The molecular weight excluding hydrogens is 473 g/mol. The Labute approximate surface area is 202 Å². The predicted octanol–water partition coefficient (Wildman–Crippen LogP) is 5.49. The van der Waals surface area contributed by atoms with Gasteiger partial charge in [-0.3, -0.25) is 9.59 Å². The Morgan fingerprint density at radius 2 is 1.48 bits per heavy atom. The first-order valence-corrected chi connectivity index (χ1v) is 10.7. The lowest BCUT2D eigenvalue weighted by molar-refractivity contribution is -0.126. The van der Waals surface area contributed by atoms with Gasteiger partial charge >= 0.3 is 0 Å². The van der Waals surface area contributed by atoms with Crippen molar-refractivity contribution in [3.8, 4) is 23.0 Å². The van der Waals surface area contributed by atoms with Gasteiger partial charge in [-0.2, -0.15) is 10.2 Å². The quantitative estimate of drug-likeness (QED) is 0.324. The van der Waals surface area contributed by atoms with Crippen molar-refractivity contribution in [3.05, 3.63) is 34.3 Å². The number of anilines is 1. The molecule has 1 N–H and O–H groups in total. The highest BCUT2D eigenvalue weighted by atomic mass is 35.5. The smallest absolute Gasteiger partial charge is 0.258 e. The Morgan fingerprint density at radius 1 is 0.939 bits per heavy atom. The van der Waals surface area contributed by atoms with E-state index in [1.165, 1.54) is 39.3 Å². The first-order valence-electron chi connectivity index (χ1n) is 9.98. The van der Waals surface area contributed by atoms with Crippen molar-refractivity contribution in [1.29, 1.82) is 0 Å². The van der Waals surface area contributed by atoms with Gasteiger partial charge in [0.2, 0.25) is 6.04 Å². The zero-order valence-corrected chi connectivity index (χ0v) is 20.4. The number of nitrogens with one attached hydrogen (secondary N) is 1. The fourth-order valence-corrected chi connectivity index (χ4v) is 3.18. The summed E-state index contributed by atoms with van der Waals surface area (Å²) in [6, 6.07) is 4.64. The molecular formula is C22H25Cl2N3O6. The molecule has 0 aliphatic heterocycles. The number of halogens is 2. The van der Waals surface area contributed by atoms with Crippen LogP contribution in [-0.4, -0.2) is 45.2 Å². The van der Waals surface area contributed by atoms with Crippen LogP contribution in [0.15, 0.2) is 34.5 Å². The summed E-state index contributed by atoms with van der Waals surface area (Å²) in [6.45, 7) is 5.70. The number of Topliss-reactive ketones (excluding diaryl/α,β-unsaturated/α-hetero) is 1. The number of carbonyl (C=O) groups excluding carboxylic acids is 2. The lowest BCUT2D eigenvalue weighted by Gasteiger charge is -2.14. The van der Waals surface area contributed by atoms with Crippen LogP contribution < -0.4 is 24.3 Å². The van der Waals surface area contributed by atoms with Gasteiger partial charge in [0.05, 0.1) is 32.5 Å². The Bertz CT molecular complexity index is 1020. The molecule has 0 aliphatic rings. The molecule has 1 unspecified atom stereocenters. The van der Waals surface area contributed by atoms with Crippen molar-refractivity contribution < 1.29 is 28.5 Å². The van der Waals surface area contributed by atoms with Crippen molar-refractivity contribution in [2.75, 3.05) is 32.8 Å². The molecule has 0 aliphatic carbocycles. The van der Waals surface area contributed by atoms with Gasteiger partial charge in [-0.05, 0) is 20.8 Å². The number of amides is 1. The Morgan fingerprint density at radius 3 is 1.97 bits per heavy atom. The lowest BCUT2D eigenvalue weighted by Crippen LogP contribution is -2.31. The van der Waals surface area contributed by atoms with Crippen LogP contribution in [0.1, 0.15) is 20.8 Å². The number of nitrogens with zero attached hydrogens (tertiary/aromatic N) is 2. The molecule has 1 amide bonds. The van der Waals surface area contributed by atoms with Crippen LogP contribution >= 0.6 is 23.2 Å². The molecule has 178 valence electrons. The summed E-state index contributed by atoms with van der Waals surface area (Å²) in [5, 5.41) is 11.0. The third kappa shape index (κ3) is 6.72. The fraction of sp³-hybridized carbons (Fsp3) is 0.364. The highest BCUT2D eigenvalue weighted by molar-refractivity contribution is 6.34. The fourth-order valence-electron chi connectivity index (χ4n) is 2.73. The van der Waals surface area contributed by atoms with Crippen LogP contribution in [0.4, 0.5) is 11.4 Å². The summed E-state index contributed by atoms with van der Waals surface area (Å²) in [4.78, 5) is 24.9. The standard InChI is InChI=1S/C22H25Cl2N3O6/c1-6-32-16-10-14(23)15(11-17(16)33-7-2)26-27-21(12(3)28)22(29)25-13-8-18(30-4)20(24)19(9-13)31-5/h8-11,21H,6-7H2,1-5H3,(H,25,29). The van der Waals surface area contributed by atoms with Gasteiger partial charge in [0.25, 0.3) is 5.91 Å². The molecule has 0 fully saturated rings. The second-order valence-electron chi connectivity index (χ2n) is 6.53. The summed E-state index contributed by atoms with van der Waals surface area (Å²) in [7, 11) is 2.85. The highest BCUT2D eigenvalue weighted by Crippen LogP contribution is 2.39. The maximum Gasteiger partial charge on any atom is 0.258 e. The molecule has 0 saturated heterocycles. The molecule has 0 bridgehead atoms. The van der Waals surface area contributed by atoms with Crippen LogP contribution in [0, 0.1) is 0 Å². The number of carbonyl (C=O) groups is 2. The summed E-state index contributed by atoms with van der Waals surface area (Å²) in [6.07, 6.45) is 0. The summed E-state index contributed by atoms with van der Waals surface area (Å²) in [5.41, 5.74) is 0.523. The molecule has 0 spiro atoms. The summed E-state index contributed by atoms with van der Waals surface area (Å²) < 4.78 is 21.4. The third-order valence-corrected chi connectivity index (χ3v) is 4.92. The zero-order chi connectivity index (χ0) is 24.5. The molecule has 1 atom stereocenters. The van der Waals surface area contributed by atoms with E-state index >= 15 is 0 Å². The van der Waals surface area contributed by atoms with Crippen LogP contribution in [0.3, 0.4) is 0 Å². The van der Waals surface area contributed by atoms with Crippen LogP contribution in [0.25, 0.3) is 0 Å². The maximum absolute atomic E-state index is 12.8. The van der Waals surface area contributed by atoms with Gasteiger partial charge in [0, 0.05) is 30.0 Å². The van der Waals surface area contributed by atoms with E-state index in [2.05, 4.69) is 15.5 Å². The largest absolute Gasteiger partial charge is 0.495 e. The Hall–Kier alpha value is -3.04. The summed E-state index contributed by atoms with van der Waals surface area (Å²) >= 11 is 12.4. The molecule has 2 aromatic rings. The third-order valence-electron chi connectivity index (χ3n) is 4.24. The maximum atomic E-state index is 12.8. The molecule has 0 radical (unpaired) electrons. The Balaban J connectivity index is 2.32. The second-order valence-corrected chi connectivity index (χ2v) is 7.31. The number of azo groups is 1. The van der Waals surface area contributed by atoms with Crippen molar-refractivity contribution in [2.24, 2.45) is 10.2 Å². The van der Waals surface area contributed by atoms with Gasteiger partial charge in [0.15, 0.2) is 17.3 Å². The molecule has 2 aromatic carbocycles. The number of rotatable bonds is 11. The molecule has 33 heavy (non-hydrogen) atoms. The minimum atomic E-state index is -1.42. The number of ketones is 1. The topological polar surface area (TPSA) is 108 Å². The van der Waals surface area contributed by atoms with E-state index in [1.54, 1.807) is 6.07 Å². The molecule has 11 heteroatoms. The first kappa shape index (κ1) is 26.2. The van der Waals surface area contributed by atoms with E-state index in [0.717, 1.165) is 0 Å². The van der Waals surface area contributed by atoms with Gasteiger partial charge in [0.1, 0.15) is 22.2 Å². The normalized spacial score (nSPS) is 11.7. The SMILES string of the molecule is CCOc1cc(Cl)c(N=NC(C(C)=O)C(=O)Nc2cc(OC)c(Cl)c(OC)c2)cc1OCC. The lowest BCUT2D eigenvalue weighted by atomic mass is 10.2. The number of hydrogen-bond acceptors (Lipinski definition) is 8. The molecule has 2 rings (SSSR count). The number of hydrogen-bond donors (Lipinski definition) is 1. The van der Waals surface area contributed by atoms with E-state index in [0.29, 0.717) is 30.4 Å². The van der Waals surface area contributed by atoms with Crippen molar-refractivity contribution in [1.82, 2.24) is 0 Å². The van der Waals surface area contributed by atoms with E-state index in [4.69, 9.17) is 42.1 Å². The molecule has 0 saturated carbocycles. The van der Waals surface area contributed by atoms with E-state index < -0.39 is 17.7 Å². The number of ether oxygens (including phenoxy) is 4. The Kier molecular flexibility index (Phi) is 9.74. The van der Waals surface area contributed by atoms with Crippen LogP contribution in [0.2, 0.25) is 10.0 Å². The van der Waals surface area contributed by atoms with Crippen molar-refractivity contribution in [3.63, 3.8) is 0 Å². The average molecular weight is 498 g/mol. The monoisotopic (exact) mass is 497 g/mol. The van der Waals surface area contributed by atoms with E-state index in [-0.39, 0.29) is 27.2 Å². The van der Waals surface area contributed by atoms with Crippen molar-refractivity contribution >= 4 is 46.3 Å². The molecule has 0 heterocycles. The highest BCUT2D eigenvalue weighted by Gasteiger charge is 2.24. The number of methoxy groups -OCH3 is 2. The van der Waals surface area contributed by atoms with Crippen LogP contribution in [-0.2, 0) is 9.59 Å². The van der Waals surface area contributed by atoms with Crippen LogP contribution in [0.5, 0.6) is 23.0 Å². The van der Waals surface area contributed by atoms with Gasteiger partial charge in [-0.25, -0.2) is 0 Å². The zero-order valence-electron chi connectivity index (χ0n) is 18.9. The average Bonchev–Trinajstić information content (AvgIpc) is 2.77. The van der Waals surface area contributed by atoms with E-state index in [9.17, 15) is 9.59 Å². The molecule has 9 nitrogen and oxygen atoms in total. The minimum Gasteiger partial charge on any atom is -0.495 e. The van der Waals surface area contributed by atoms with Gasteiger partial charge in [-0.1, -0.05) is 23.2 Å².